The van der Waals surface area contributed by atoms with Crippen molar-refractivity contribution in [2.45, 2.75) is 56.8 Å². The molecule has 0 aromatic heterocycles. The summed E-state index contributed by atoms with van der Waals surface area (Å²) in [6.45, 7) is 2.54. The van der Waals surface area contributed by atoms with E-state index in [9.17, 15) is 14.7 Å². The average Bonchev–Trinajstić information content (AvgIpc) is 3.01. The first-order valence-corrected chi connectivity index (χ1v) is 9.18. The molecule has 0 aromatic rings. The molecule has 1 N–H and O–H groups in total. The Labute approximate surface area is 141 Å². The van der Waals surface area contributed by atoms with E-state index < -0.39 is 6.10 Å². The van der Waals surface area contributed by atoms with Gasteiger partial charge < -0.3 is 14.7 Å². The lowest BCUT2D eigenvalue weighted by molar-refractivity contribution is -0.206. The standard InChI is InChI=1S/C17H26N2O5/c20-13-7-12(8-13)16(21)18-5-3-11-9-14(24-15(11)10-18)17(22)19-4-1-2-6-23-19/h11-15,20H,1-10H2/t11-,12?,13?,14-,15+/m0/s1. The zero-order chi connectivity index (χ0) is 16.7. The van der Waals surface area contributed by atoms with Gasteiger partial charge in [0, 0.05) is 25.6 Å². The van der Waals surface area contributed by atoms with Gasteiger partial charge in [0.2, 0.25) is 5.91 Å². The van der Waals surface area contributed by atoms with Crippen LogP contribution >= 0.6 is 0 Å². The molecule has 3 aliphatic heterocycles. The van der Waals surface area contributed by atoms with Gasteiger partial charge in [0.05, 0.1) is 18.8 Å². The maximum Gasteiger partial charge on any atom is 0.275 e. The molecule has 7 heteroatoms. The van der Waals surface area contributed by atoms with Crippen molar-refractivity contribution in [3.63, 3.8) is 0 Å². The van der Waals surface area contributed by atoms with Crippen molar-refractivity contribution >= 4 is 11.8 Å². The number of hydrogen-bond acceptors (Lipinski definition) is 5. The first-order valence-electron chi connectivity index (χ1n) is 9.18. The number of aliphatic hydroxyl groups is 1. The molecule has 3 saturated heterocycles. The fraction of sp³-hybridized carbons (Fsp3) is 0.882. The summed E-state index contributed by atoms with van der Waals surface area (Å²) in [7, 11) is 0. The van der Waals surface area contributed by atoms with Crippen LogP contribution in [0, 0.1) is 11.8 Å². The molecule has 1 aliphatic carbocycles. The van der Waals surface area contributed by atoms with E-state index >= 15 is 0 Å². The van der Waals surface area contributed by atoms with Crippen LogP contribution in [-0.4, -0.2) is 71.4 Å². The van der Waals surface area contributed by atoms with E-state index in [-0.39, 0.29) is 29.9 Å². The lowest BCUT2D eigenvalue weighted by Gasteiger charge is -2.39. The van der Waals surface area contributed by atoms with Crippen molar-refractivity contribution in [3.05, 3.63) is 0 Å². The topological polar surface area (TPSA) is 79.3 Å². The second-order valence-corrected chi connectivity index (χ2v) is 7.53. The summed E-state index contributed by atoms with van der Waals surface area (Å²) >= 11 is 0. The Kier molecular flexibility index (Phi) is 4.49. The molecule has 4 fully saturated rings. The number of carbonyl (C=O) groups excluding carboxylic acids is 2. The summed E-state index contributed by atoms with van der Waals surface area (Å²) in [5.41, 5.74) is 0. The fourth-order valence-corrected chi connectivity index (χ4v) is 4.27. The number of rotatable bonds is 2. The maximum absolute atomic E-state index is 12.5. The van der Waals surface area contributed by atoms with Crippen LogP contribution in [0.1, 0.15) is 38.5 Å². The molecule has 134 valence electrons. The van der Waals surface area contributed by atoms with Crippen LogP contribution in [0.5, 0.6) is 0 Å². The summed E-state index contributed by atoms with van der Waals surface area (Å²) in [4.78, 5) is 32.3. The highest BCUT2D eigenvalue weighted by molar-refractivity contribution is 5.81. The van der Waals surface area contributed by atoms with Crippen molar-refractivity contribution in [1.82, 2.24) is 9.96 Å². The molecule has 4 rings (SSSR count). The third kappa shape index (κ3) is 3.05. The highest BCUT2D eigenvalue weighted by Crippen LogP contribution is 2.36. The first kappa shape index (κ1) is 16.3. The molecule has 0 spiro atoms. The number of hydroxylamine groups is 2. The zero-order valence-corrected chi connectivity index (χ0v) is 13.9. The molecule has 4 aliphatic rings. The van der Waals surface area contributed by atoms with Gasteiger partial charge in [-0.15, -0.1) is 0 Å². The van der Waals surface area contributed by atoms with Crippen molar-refractivity contribution in [3.8, 4) is 0 Å². The van der Waals surface area contributed by atoms with Gasteiger partial charge in [-0.25, -0.2) is 5.06 Å². The molecular weight excluding hydrogens is 312 g/mol. The molecule has 0 bridgehead atoms. The van der Waals surface area contributed by atoms with E-state index in [4.69, 9.17) is 9.57 Å². The normalized spacial score (nSPS) is 39.3. The molecule has 7 nitrogen and oxygen atoms in total. The Bertz CT molecular complexity index is 501. The number of nitrogens with zero attached hydrogens (tertiary/aromatic N) is 2. The lowest BCUT2D eigenvalue weighted by Crippen LogP contribution is -2.50. The number of ether oxygens (including phenoxy) is 1. The highest BCUT2D eigenvalue weighted by atomic mass is 16.7. The molecule has 1 saturated carbocycles. The fourth-order valence-electron chi connectivity index (χ4n) is 4.27. The third-order valence-corrected chi connectivity index (χ3v) is 5.85. The van der Waals surface area contributed by atoms with Gasteiger partial charge in [0.25, 0.3) is 5.91 Å². The third-order valence-electron chi connectivity index (χ3n) is 5.85. The van der Waals surface area contributed by atoms with Gasteiger partial charge in [0.15, 0.2) is 0 Å². The van der Waals surface area contributed by atoms with Crippen LogP contribution < -0.4 is 0 Å². The molecule has 0 radical (unpaired) electrons. The van der Waals surface area contributed by atoms with Crippen molar-refractivity contribution < 1.29 is 24.3 Å². The van der Waals surface area contributed by atoms with Gasteiger partial charge in [-0.3, -0.25) is 14.4 Å². The number of amides is 2. The molecular formula is C17H26N2O5. The number of carbonyl (C=O) groups is 2. The zero-order valence-electron chi connectivity index (χ0n) is 13.9. The van der Waals surface area contributed by atoms with E-state index in [0.29, 0.717) is 38.5 Å². The van der Waals surface area contributed by atoms with E-state index in [2.05, 4.69) is 0 Å². The molecule has 3 heterocycles. The van der Waals surface area contributed by atoms with E-state index in [1.807, 2.05) is 4.90 Å². The van der Waals surface area contributed by atoms with Crippen molar-refractivity contribution in [2.75, 3.05) is 26.2 Å². The van der Waals surface area contributed by atoms with Crippen LogP contribution in [0.3, 0.4) is 0 Å². The Balaban J connectivity index is 1.32. The number of fused-ring (bicyclic) bond motifs is 1. The largest absolute Gasteiger partial charge is 0.393 e. The number of aliphatic hydroxyl groups excluding tert-OH is 1. The lowest BCUT2D eigenvalue weighted by atomic mass is 9.80. The van der Waals surface area contributed by atoms with Gasteiger partial charge in [0.1, 0.15) is 6.10 Å². The minimum absolute atomic E-state index is 0.0304. The predicted molar refractivity (Wildman–Crippen MR) is 83.6 cm³/mol. The Hall–Kier alpha value is -1.18. The average molecular weight is 338 g/mol. The van der Waals surface area contributed by atoms with Crippen molar-refractivity contribution in [1.29, 1.82) is 0 Å². The van der Waals surface area contributed by atoms with Gasteiger partial charge >= 0.3 is 0 Å². The predicted octanol–water partition coefficient (Wildman–Crippen LogP) is 0.317. The van der Waals surface area contributed by atoms with E-state index in [1.54, 1.807) is 0 Å². The Morgan fingerprint density at radius 1 is 1.04 bits per heavy atom. The van der Waals surface area contributed by atoms with Gasteiger partial charge in [-0.2, -0.15) is 0 Å². The second kappa shape index (κ2) is 6.61. The molecule has 3 atom stereocenters. The number of likely N-dealkylation sites (tertiary alicyclic amines) is 1. The van der Waals surface area contributed by atoms with Crippen LogP contribution in [-0.2, 0) is 19.2 Å². The monoisotopic (exact) mass is 338 g/mol. The SMILES string of the molecule is O=C(C1CC(O)C1)N1CC[C@H]2C[C@@H](C(=O)N3CCCCO3)O[C@@H]2C1. The molecule has 0 unspecified atom stereocenters. The minimum atomic E-state index is -0.432. The summed E-state index contributed by atoms with van der Waals surface area (Å²) in [6, 6.07) is 0. The number of piperidine rings is 1. The summed E-state index contributed by atoms with van der Waals surface area (Å²) in [6.07, 6.45) is 3.95. The summed E-state index contributed by atoms with van der Waals surface area (Å²) in [5.74, 6) is 0.387. The minimum Gasteiger partial charge on any atom is -0.393 e. The number of hydrogen-bond donors (Lipinski definition) is 1. The van der Waals surface area contributed by atoms with Gasteiger partial charge in [-0.05, 0) is 44.4 Å². The first-order chi connectivity index (χ1) is 11.6. The molecule has 0 aromatic carbocycles. The molecule has 24 heavy (non-hydrogen) atoms. The van der Waals surface area contributed by atoms with Crippen LogP contribution in [0.4, 0.5) is 0 Å². The Morgan fingerprint density at radius 2 is 1.88 bits per heavy atom. The van der Waals surface area contributed by atoms with Crippen molar-refractivity contribution in [2.24, 2.45) is 11.8 Å². The quantitative estimate of drug-likeness (QED) is 0.784. The maximum atomic E-state index is 12.5. The van der Waals surface area contributed by atoms with Crippen LogP contribution in [0.15, 0.2) is 0 Å². The second-order valence-electron chi connectivity index (χ2n) is 7.53. The van der Waals surface area contributed by atoms with Gasteiger partial charge in [-0.1, -0.05) is 0 Å². The molecule has 2 amide bonds. The Morgan fingerprint density at radius 3 is 2.58 bits per heavy atom. The highest BCUT2D eigenvalue weighted by Gasteiger charge is 2.46. The van der Waals surface area contributed by atoms with E-state index in [0.717, 1.165) is 32.2 Å². The van der Waals surface area contributed by atoms with E-state index in [1.165, 1.54) is 5.06 Å². The van der Waals surface area contributed by atoms with Crippen LogP contribution in [0.25, 0.3) is 0 Å². The summed E-state index contributed by atoms with van der Waals surface area (Å²) < 4.78 is 6.00. The van der Waals surface area contributed by atoms with Crippen LogP contribution in [0.2, 0.25) is 0 Å². The summed E-state index contributed by atoms with van der Waals surface area (Å²) in [5, 5.41) is 10.8. The smallest absolute Gasteiger partial charge is 0.275 e.